The molecular formula is C20H16Cl2N2O4S. The molecule has 0 aliphatic heterocycles. The SMILES string of the molecule is COc1cc(C(=O)NNC(=O)c2cccs2)ccc1OCc1ccc(Cl)cc1Cl. The van der Waals surface area contributed by atoms with E-state index >= 15 is 0 Å². The Labute approximate surface area is 181 Å². The second-order valence-electron chi connectivity index (χ2n) is 5.78. The molecule has 0 radical (unpaired) electrons. The lowest BCUT2D eigenvalue weighted by atomic mass is 10.2. The summed E-state index contributed by atoms with van der Waals surface area (Å²) in [6.45, 7) is 0.203. The molecule has 150 valence electrons. The summed E-state index contributed by atoms with van der Waals surface area (Å²) in [5.74, 6) is -0.0642. The van der Waals surface area contributed by atoms with Crippen LogP contribution in [0.1, 0.15) is 25.6 Å². The van der Waals surface area contributed by atoms with E-state index in [0.717, 1.165) is 5.56 Å². The number of thiophene rings is 1. The normalized spacial score (nSPS) is 10.3. The maximum absolute atomic E-state index is 12.3. The van der Waals surface area contributed by atoms with Gasteiger partial charge in [-0.15, -0.1) is 11.3 Å². The first kappa shape index (κ1) is 21.0. The van der Waals surface area contributed by atoms with Gasteiger partial charge in [-0.1, -0.05) is 35.3 Å². The van der Waals surface area contributed by atoms with Crippen molar-refractivity contribution < 1.29 is 19.1 Å². The van der Waals surface area contributed by atoms with Crippen LogP contribution in [0, 0.1) is 0 Å². The number of halogens is 2. The number of rotatable bonds is 6. The number of ether oxygens (including phenoxy) is 2. The van der Waals surface area contributed by atoms with Crippen LogP contribution in [-0.4, -0.2) is 18.9 Å². The number of benzene rings is 2. The largest absolute Gasteiger partial charge is 0.493 e. The molecule has 9 heteroatoms. The van der Waals surface area contributed by atoms with Gasteiger partial charge in [-0.05, 0) is 41.8 Å². The summed E-state index contributed by atoms with van der Waals surface area (Å²) < 4.78 is 11.1. The average molecular weight is 451 g/mol. The highest BCUT2D eigenvalue weighted by Crippen LogP contribution is 2.30. The molecule has 0 spiro atoms. The van der Waals surface area contributed by atoms with Gasteiger partial charge >= 0.3 is 0 Å². The zero-order chi connectivity index (χ0) is 20.8. The molecule has 1 aromatic heterocycles. The van der Waals surface area contributed by atoms with E-state index in [0.29, 0.717) is 32.0 Å². The number of hydrogen-bond acceptors (Lipinski definition) is 5. The zero-order valence-electron chi connectivity index (χ0n) is 15.2. The molecular weight excluding hydrogens is 435 g/mol. The fourth-order valence-electron chi connectivity index (χ4n) is 2.38. The number of methoxy groups -OCH3 is 1. The van der Waals surface area contributed by atoms with Crippen molar-refractivity contribution in [3.8, 4) is 11.5 Å². The van der Waals surface area contributed by atoms with Crippen LogP contribution in [0.2, 0.25) is 10.0 Å². The maximum atomic E-state index is 12.3. The van der Waals surface area contributed by atoms with Crippen LogP contribution in [0.3, 0.4) is 0 Å². The molecule has 0 saturated carbocycles. The molecule has 0 bridgehead atoms. The van der Waals surface area contributed by atoms with E-state index in [-0.39, 0.29) is 12.5 Å². The second-order valence-corrected chi connectivity index (χ2v) is 7.57. The minimum atomic E-state index is -0.486. The first-order chi connectivity index (χ1) is 14.0. The van der Waals surface area contributed by atoms with Gasteiger partial charge < -0.3 is 9.47 Å². The van der Waals surface area contributed by atoms with Gasteiger partial charge in [0.1, 0.15) is 6.61 Å². The Kier molecular flexibility index (Phi) is 6.98. The van der Waals surface area contributed by atoms with Gasteiger partial charge in [-0.3, -0.25) is 20.4 Å². The number of carbonyl (C=O) groups excluding carboxylic acids is 2. The van der Waals surface area contributed by atoms with E-state index in [1.54, 1.807) is 47.8 Å². The van der Waals surface area contributed by atoms with Gasteiger partial charge in [0.2, 0.25) is 0 Å². The molecule has 0 atom stereocenters. The van der Waals surface area contributed by atoms with Crippen LogP contribution in [0.4, 0.5) is 0 Å². The van der Waals surface area contributed by atoms with E-state index < -0.39 is 5.91 Å². The third-order valence-corrected chi connectivity index (χ3v) is 5.31. The number of hydrogen-bond donors (Lipinski definition) is 2. The van der Waals surface area contributed by atoms with Crippen molar-refractivity contribution in [3.63, 3.8) is 0 Å². The molecule has 2 aromatic carbocycles. The van der Waals surface area contributed by atoms with Gasteiger partial charge in [0.25, 0.3) is 11.8 Å². The topological polar surface area (TPSA) is 76.7 Å². The van der Waals surface area contributed by atoms with Crippen molar-refractivity contribution in [2.45, 2.75) is 6.61 Å². The molecule has 3 rings (SSSR count). The summed E-state index contributed by atoms with van der Waals surface area (Å²) >= 11 is 13.3. The highest BCUT2D eigenvalue weighted by Gasteiger charge is 2.14. The van der Waals surface area contributed by atoms with Crippen LogP contribution in [0.25, 0.3) is 0 Å². The Balaban J connectivity index is 1.64. The highest BCUT2D eigenvalue weighted by atomic mass is 35.5. The van der Waals surface area contributed by atoms with Crippen LogP contribution >= 0.6 is 34.5 Å². The van der Waals surface area contributed by atoms with Crippen LogP contribution < -0.4 is 20.3 Å². The van der Waals surface area contributed by atoms with Gasteiger partial charge in [-0.2, -0.15) is 0 Å². The third kappa shape index (κ3) is 5.41. The third-order valence-electron chi connectivity index (χ3n) is 3.86. The Bertz CT molecular complexity index is 1030. The summed E-state index contributed by atoms with van der Waals surface area (Å²) in [6, 6.07) is 13.2. The van der Waals surface area contributed by atoms with Crippen LogP contribution in [-0.2, 0) is 6.61 Å². The standard InChI is InChI=1S/C20H16Cl2N2O4S/c1-27-17-9-12(19(25)23-24-20(26)18-3-2-8-29-18)5-7-16(17)28-11-13-4-6-14(21)10-15(13)22/h2-10H,11H2,1H3,(H,23,25)(H,24,26). The molecule has 0 fully saturated rings. The van der Waals surface area contributed by atoms with E-state index in [9.17, 15) is 9.59 Å². The molecule has 1 heterocycles. The first-order valence-corrected chi connectivity index (χ1v) is 10.0. The Morgan fingerprint density at radius 3 is 2.48 bits per heavy atom. The maximum Gasteiger partial charge on any atom is 0.279 e. The van der Waals surface area contributed by atoms with E-state index in [2.05, 4.69) is 10.9 Å². The van der Waals surface area contributed by atoms with Gasteiger partial charge in [0, 0.05) is 21.2 Å². The quantitative estimate of drug-likeness (QED) is 0.532. The van der Waals surface area contributed by atoms with Gasteiger partial charge in [0.05, 0.1) is 12.0 Å². The summed E-state index contributed by atoms with van der Waals surface area (Å²) in [5.41, 5.74) is 5.79. The summed E-state index contributed by atoms with van der Waals surface area (Å²) in [7, 11) is 1.47. The molecule has 0 aliphatic carbocycles. The Morgan fingerprint density at radius 1 is 1.00 bits per heavy atom. The minimum absolute atomic E-state index is 0.203. The fourth-order valence-corrected chi connectivity index (χ4v) is 3.46. The van der Waals surface area contributed by atoms with Crippen molar-refractivity contribution in [2.75, 3.05) is 7.11 Å². The number of amides is 2. The smallest absolute Gasteiger partial charge is 0.279 e. The molecule has 0 aliphatic rings. The Hall–Kier alpha value is -2.74. The van der Waals surface area contributed by atoms with Gasteiger partial charge in [0.15, 0.2) is 11.5 Å². The predicted octanol–water partition coefficient (Wildman–Crippen LogP) is 4.72. The van der Waals surface area contributed by atoms with Crippen molar-refractivity contribution in [1.29, 1.82) is 0 Å². The molecule has 29 heavy (non-hydrogen) atoms. The van der Waals surface area contributed by atoms with E-state index in [1.807, 2.05) is 0 Å². The lowest BCUT2D eigenvalue weighted by Crippen LogP contribution is -2.41. The molecule has 2 amide bonds. The van der Waals surface area contributed by atoms with Crippen molar-refractivity contribution in [3.05, 3.63) is 80.0 Å². The molecule has 6 nitrogen and oxygen atoms in total. The fraction of sp³-hybridized carbons (Fsp3) is 0.100. The van der Waals surface area contributed by atoms with E-state index in [1.165, 1.54) is 24.5 Å². The number of hydrazine groups is 1. The minimum Gasteiger partial charge on any atom is -0.493 e. The predicted molar refractivity (Wildman–Crippen MR) is 113 cm³/mol. The number of carbonyl (C=O) groups is 2. The lowest BCUT2D eigenvalue weighted by molar-refractivity contribution is 0.0848. The Morgan fingerprint density at radius 2 is 1.79 bits per heavy atom. The van der Waals surface area contributed by atoms with Crippen molar-refractivity contribution in [1.82, 2.24) is 10.9 Å². The molecule has 2 N–H and O–H groups in total. The monoisotopic (exact) mass is 450 g/mol. The first-order valence-electron chi connectivity index (χ1n) is 8.37. The summed E-state index contributed by atoms with van der Waals surface area (Å²) in [4.78, 5) is 24.7. The van der Waals surface area contributed by atoms with E-state index in [4.69, 9.17) is 32.7 Å². The van der Waals surface area contributed by atoms with Crippen LogP contribution in [0.5, 0.6) is 11.5 Å². The zero-order valence-corrected chi connectivity index (χ0v) is 17.5. The molecule has 3 aromatic rings. The molecule has 0 unspecified atom stereocenters. The van der Waals surface area contributed by atoms with Crippen molar-refractivity contribution in [2.24, 2.45) is 0 Å². The highest BCUT2D eigenvalue weighted by molar-refractivity contribution is 7.12. The van der Waals surface area contributed by atoms with Crippen molar-refractivity contribution >= 4 is 46.4 Å². The summed E-state index contributed by atoms with van der Waals surface area (Å²) in [5, 5.41) is 2.81. The second kappa shape index (κ2) is 9.65. The average Bonchev–Trinajstić information content (AvgIpc) is 3.26. The lowest BCUT2D eigenvalue weighted by Gasteiger charge is -2.13. The van der Waals surface area contributed by atoms with Gasteiger partial charge in [-0.25, -0.2) is 0 Å². The molecule has 0 saturated heterocycles. The number of nitrogens with one attached hydrogen (secondary N) is 2. The van der Waals surface area contributed by atoms with Crippen LogP contribution in [0.15, 0.2) is 53.9 Å². The summed E-state index contributed by atoms with van der Waals surface area (Å²) in [6.07, 6.45) is 0.